The zero-order valence-corrected chi connectivity index (χ0v) is 16.4. The summed E-state index contributed by atoms with van der Waals surface area (Å²) < 4.78 is 22.3. The molecule has 0 spiro atoms. The van der Waals surface area contributed by atoms with Crippen molar-refractivity contribution in [2.24, 2.45) is 0 Å². The topological polar surface area (TPSA) is 69.0 Å². The molecule has 1 amide bonds. The van der Waals surface area contributed by atoms with Crippen molar-refractivity contribution >= 4 is 17.7 Å². The molecule has 1 aromatic heterocycles. The maximum absolute atomic E-state index is 14.6. The lowest BCUT2D eigenvalue weighted by atomic mass is 10.1. The van der Waals surface area contributed by atoms with E-state index in [1.807, 2.05) is 34.9 Å². The first-order valence-corrected chi connectivity index (χ1v) is 10.1. The molecule has 6 nitrogen and oxygen atoms in total. The maximum Gasteiger partial charge on any atom is 0.255 e. The molecule has 30 heavy (non-hydrogen) atoms. The molecule has 7 heteroatoms. The molecule has 3 heterocycles. The number of anilines is 1. The Bertz CT molecular complexity index is 1150. The fourth-order valence-corrected chi connectivity index (χ4v) is 3.92. The van der Waals surface area contributed by atoms with Gasteiger partial charge in [0.2, 0.25) is 0 Å². The number of benzene rings is 2. The zero-order chi connectivity index (χ0) is 20.5. The molecule has 0 saturated heterocycles. The predicted octanol–water partition coefficient (Wildman–Crippen LogP) is 4.23. The van der Waals surface area contributed by atoms with Gasteiger partial charge in [0.1, 0.15) is 24.0 Å². The first-order valence-electron chi connectivity index (χ1n) is 10.1. The van der Waals surface area contributed by atoms with Crippen LogP contribution in [0.4, 0.5) is 10.1 Å². The molecule has 5 rings (SSSR count). The Morgan fingerprint density at radius 3 is 2.93 bits per heavy atom. The van der Waals surface area contributed by atoms with Crippen molar-refractivity contribution in [3.05, 3.63) is 65.2 Å². The summed E-state index contributed by atoms with van der Waals surface area (Å²) in [5.41, 5.74) is 2.21. The van der Waals surface area contributed by atoms with Gasteiger partial charge in [-0.05, 0) is 43.2 Å². The lowest BCUT2D eigenvalue weighted by Gasteiger charge is -2.17. The lowest BCUT2D eigenvalue weighted by molar-refractivity contribution is -0.113. The first kappa shape index (κ1) is 18.5. The Morgan fingerprint density at radius 1 is 1.10 bits per heavy atom. The Hall–Kier alpha value is -3.48. The van der Waals surface area contributed by atoms with E-state index in [-0.39, 0.29) is 18.3 Å². The average Bonchev–Trinajstić information content (AvgIpc) is 3.02. The van der Waals surface area contributed by atoms with Crippen molar-refractivity contribution in [2.75, 3.05) is 11.9 Å². The number of rotatable bonds is 3. The third-order valence-electron chi connectivity index (χ3n) is 5.50. The van der Waals surface area contributed by atoms with E-state index in [1.165, 1.54) is 6.07 Å². The Balaban J connectivity index is 1.42. The van der Waals surface area contributed by atoms with E-state index in [4.69, 9.17) is 4.74 Å². The highest BCUT2D eigenvalue weighted by atomic mass is 19.1. The number of nitrogens with zero attached hydrogens (tertiary/aromatic N) is 3. The molecule has 3 aromatic rings. The van der Waals surface area contributed by atoms with E-state index in [0.29, 0.717) is 22.6 Å². The van der Waals surface area contributed by atoms with E-state index < -0.39 is 0 Å². The summed E-state index contributed by atoms with van der Waals surface area (Å²) in [4.78, 5) is 12.8. The number of para-hydroxylation sites is 1. The minimum atomic E-state index is -0.387. The highest BCUT2D eigenvalue weighted by Gasteiger charge is 2.21. The van der Waals surface area contributed by atoms with E-state index in [0.717, 1.165) is 49.4 Å². The number of nitrogens with one attached hydrogen (secondary N) is 1. The fraction of sp³-hybridized carbons (Fsp3) is 0.261. The number of hydrogen-bond donors (Lipinski definition) is 1. The van der Waals surface area contributed by atoms with Gasteiger partial charge in [0.25, 0.3) is 5.91 Å². The van der Waals surface area contributed by atoms with Gasteiger partial charge >= 0.3 is 0 Å². The van der Waals surface area contributed by atoms with E-state index in [1.54, 1.807) is 12.1 Å². The van der Waals surface area contributed by atoms with Gasteiger partial charge in [-0.25, -0.2) is 4.39 Å². The van der Waals surface area contributed by atoms with Crippen molar-refractivity contribution in [1.82, 2.24) is 14.8 Å². The Morgan fingerprint density at radius 2 is 2.00 bits per heavy atom. The molecule has 2 aliphatic rings. The second kappa shape index (κ2) is 7.74. The highest BCUT2D eigenvalue weighted by molar-refractivity contribution is 6.07. The summed E-state index contributed by atoms with van der Waals surface area (Å²) in [5.74, 6) is 1.49. The number of fused-ring (bicyclic) bond motifs is 2. The number of ether oxygens (including phenoxy) is 1. The van der Waals surface area contributed by atoms with Crippen LogP contribution in [0.3, 0.4) is 0 Å². The molecule has 2 aliphatic heterocycles. The van der Waals surface area contributed by atoms with Crippen LogP contribution in [0.25, 0.3) is 17.5 Å². The van der Waals surface area contributed by atoms with Gasteiger partial charge in [0, 0.05) is 24.2 Å². The summed E-state index contributed by atoms with van der Waals surface area (Å²) in [6, 6.07) is 12.1. The van der Waals surface area contributed by atoms with Crippen LogP contribution in [0.5, 0.6) is 5.75 Å². The highest BCUT2D eigenvalue weighted by Crippen LogP contribution is 2.29. The molecule has 1 N–H and O–H groups in total. The molecule has 0 saturated carbocycles. The van der Waals surface area contributed by atoms with Gasteiger partial charge in [-0.3, -0.25) is 4.79 Å². The SMILES string of the molecule is O=C(Nc1ccc(F)c(-c2nnc3n2CCCCC3)c1)C1=Cc2ccccc2OC1. The van der Waals surface area contributed by atoms with Crippen molar-refractivity contribution < 1.29 is 13.9 Å². The Labute approximate surface area is 173 Å². The van der Waals surface area contributed by atoms with Crippen LogP contribution in [-0.2, 0) is 17.8 Å². The number of hydrogen-bond acceptors (Lipinski definition) is 4. The maximum atomic E-state index is 14.6. The minimum Gasteiger partial charge on any atom is -0.488 e. The van der Waals surface area contributed by atoms with Gasteiger partial charge in [-0.1, -0.05) is 24.6 Å². The number of aromatic nitrogens is 3. The molecular formula is C23H21FN4O2. The third kappa shape index (κ3) is 3.47. The summed E-state index contributed by atoms with van der Waals surface area (Å²) in [5, 5.41) is 11.3. The zero-order valence-electron chi connectivity index (χ0n) is 16.4. The first-order chi connectivity index (χ1) is 14.7. The number of carbonyl (C=O) groups is 1. The molecule has 0 unspecified atom stereocenters. The molecule has 0 atom stereocenters. The number of aryl methyl sites for hydroxylation is 1. The van der Waals surface area contributed by atoms with Crippen molar-refractivity contribution in [3.63, 3.8) is 0 Å². The third-order valence-corrected chi connectivity index (χ3v) is 5.50. The molecule has 152 valence electrons. The number of amides is 1. The van der Waals surface area contributed by atoms with Gasteiger partial charge < -0.3 is 14.6 Å². The van der Waals surface area contributed by atoms with E-state index >= 15 is 0 Å². The van der Waals surface area contributed by atoms with Crippen LogP contribution in [0.15, 0.2) is 48.0 Å². The van der Waals surface area contributed by atoms with Crippen LogP contribution in [-0.4, -0.2) is 27.3 Å². The summed E-state index contributed by atoms with van der Waals surface area (Å²) in [6.07, 6.45) is 5.88. The monoisotopic (exact) mass is 404 g/mol. The van der Waals surface area contributed by atoms with Crippen molar-refractivity contribution in [3.8, 4) is 17.1 Å². The summed E-state index contributed by atoms with van der Waals surface area (Å²) in [6.45, 7) is 0.964. The van der Waals surface area contributed by atoms with E-state index in [2.05, 4.69) is 15.5 Å². The van der Waals surface area contributed by atoms with Gasteiger partial charge in [0.15, 0.2) is 5.82 Å². The smallest absolute Gasteiger partial charge is 0.255 e. The summed E-state index contributed by atoms with van der Waals surface area (Å²) in [7, 11) is 0. The fourth-order valence-electron chi connectivity index (χ4n) is 3.92. The average molecular weight is 404 g/mol. The van der Waals surface area contributed by atoms with Crippen molar-refractivity contribution in [2.45, 2.75) is 32.2 Å². The predicted molar refractivity (Wildman–Crippen MR) is 112 cm³/mol. The van der Waals surface area contributed by atoms with Gasteiger partial charge in [0.05, 0.1) is 11.1 Å². The quantitative estimate of drug-likeness (QED) is 0.710. The van der Waals surface area contributed by atoms with Gasteiger partial charge in [-0.15, -0.1) is 10.2 Å². The molecule has 0 fully saturated rings. The second-order valence-corrected chi connectivity index (χ2v) is 7.55. The van der Waals surface area contributed by atoms with Crippen molar-refractivity contribution in [1.29, 1.82) is 0 Å². The molecule has 0 radical (unpaired) electrons. The minimum absolute atomic E-state index is 0.189. The van der Waals surface area contributed by atoms with Crippen LogP contribution in [0.2, 0.25) is 0 Å². The van der Waals surface area contributed by atoms with Gasteiger partial charge in [-0.2, -0.15) is 0 Å². The second-order valence-electron chi connectivity index (χ2n) is 7.55. The standard InChI is InChI=1S/C23H21FN4O2/c24-19-10-9-17(13-18(19)22-27-26-21-8-2-1-5-11-28(21)22)25-23(29)16-12-15-6-3-4-7-20(15)30-14-16/h3-4,6-7,9-10,12-13H,1-2,5,8,11,14H2,(H,25,29). The van der Waals surface area contributed by atoms with Crippen LogP contribution >= 0.6 is 0 Å². The molecule has 0 bridgehead atoms. The van der Waals surface area contributed by atoms with E-state index in [9.17, 15) is 9.18 Å². The number of halogens is 1. The number of carbonyl (C=O) groups excluding carboxylic acids is 1. The Kier molecular flexibility index (Phi) is 4.78. The molecular weight excluding hydrogens is 383 g/mol. The van der Waals surface area contributed by atoms with Crippen LogP contribution in [0.1, 0.15) is 30.7 Å². The molecule has 2 aromatic carbocycles. The lowest BCUT2D eigenvalue weighted by Crippen LogP contribution is -2.21. The molecule has 0 aliphatic carbocycles. The summed E-state index contributed by atoms with van der Waals surface area (Å²) >= 11 is 0. The van der Waals surface area contributed by atoms with Crippen LogP contribution < -0.4 is 10.1 Å². The van der Waals surface area contributed by atoms with Crippen LogP contribution in [0, 0.1) is 5.82 Å². The normalized spacial score (nSPS) is 15.3. The largest absolute Gasteiger partial charge is 0.488 e.